The maximum absolute atomic E-state index is 12.5. The zero-order valence-corrected chi connectivity index (χ0v) is 19.6. The van der Waals surface area contributed by atoms with E-state index in [1.54, 1.807) is 0 Å². The van der Waals surface area contributed by atoms with Gasteiger partial charge in [-0.25, -0.2) is 9.37 Å². The Morgan fingerprint density at radius 1 is 1.21 bits per heavy atom. The molecule has 2 fully saturated rings. The Morgan fingerprint density at radius 2 is 1.94 bits per heavy atom. The van der Waals surface area contributed by atoms with Crippen molar-refractivity contribution in [2.45, 2.75) is 39.2 Å². The number of benzene rings is 2. The van der Waals surface area contributed by atoms with E-state index in [4.69, 9.17) is 11.6 Å². The molecule has 0 radical (unpaired) electrons. The lowest BCUT2D eigenvalue weighted by Crippen LogP contribution is -2.56. The number of rotatable bonds is 5. The van der Waals surface area contributed by atoms with E-state index in [0.717, 1.165) is 29.9 Å². The van der Waals surface area contributed by atoms with Crippen molar-refractivity contribution in [3.63, 3.8) is 0 Å². The van der Waals surface area contributed by atoms with Crippen molar-refractivity contribution in [1.82, 2.24) is 14.9 Å². The van der Waals surface area contributed by atoms with E-state index in [2.05, 4.69) is 51.4 Å². The molecule has 2 aromatic carbocycles. The molecular weight excluding hydrogens is 439 g/mol. The second-order valence-electron chi connectivity index (χ2n) is 9.37. The van der Waals surface area contributed by atoms with Crippen LogP contribution in [0.3, 0.4) is 0 Å². The first kappa shape index (κ1) is 23.5. The Kier molecular flexibility index (Phi) is 7.46. The molecule has 2 N–H and O–H groups in total. The predicted octanol–water partition coefficient (Wildman–Crippen LogP) is 6.14. The first-order chi connectivity index (χ1) is 15.9. The van der Waals surface area contributed by atoms with Crippen molar-refractivity contribution in [2.75, 3.05) is 18.4 Å². The van der Waals surface area contributed by atoms with E-state index in [0.29, 0.717) is 17.5 Å². The highest BCUT2D eigenvalue weighted by molar-refractivity contribution is 6.30. The van der Waals surface area contributed by atoms with E-state index in [1.165, 1.54) is 56.6 Å². The number of halogens is 2. The SMILES string of the molecule is CC1CCC2(CC1)CN(Cc1cnc(-c3ccccc3)[nH]1)C2.O=CNc1cc(F)cc(Cl)c1. The summed E-state index contributed by atoms with van der Waals surface area (Å²) >= 11 is 5.49. The molecule has 174 valence electrons. The molecule has 5 rings (SSSR count). The van der Waals surface area contributed by atoms with E-state index in [9.17, 15) is 9.18 Å². The van der Waals surface area contributed by atoms with Crippen molar-refractivity contribution < 1.29 is 9.18 Å². The normalized spacial score (nSPS) is 17.7. The molecule has 2 aliphatic rings. The van der Waals surface area contributed by atoms with Gasteiger partial charge in [0.25, 0.3) is 0 Å². The lowest BCUT2D eigenvalue weighted by molar-refractivity contribution is -0.105. The molecule has 1 aliphatic carbocycles. The third-order valence-electron chi connectivity index (χ3n) is 6.61. The molecule has 0 unspecified atom stereocenters. The number of nitrogens with zero attached hydrogens (tertiary/aromatic N) is 2. The van der Waals surface area contributed by atoms with Crippen LogP contribution in [0.1, 0.15) is 38.3 Å². The number of aromatic amines is 1. The number of hydrogen-bond acceptors (Lipinski definition) is 3. The molecule has 1 amide bonds. The maximum atomic E-state index is 12.5. The number of amides is 1. The van der Waals surface area contributed by atoms with Crippen molar-refractivity contribution in [3.8, 4) is 11.4 Å². The molecule has 0 atom stereocenters. The second-order valence-corrected chi connectivity index (χ2v) is 9.81. The second kappa shape index (κ2) is 10.5. The van der Waals surface area contributed by atoms with Crippen molar-refractivity contribution in [2.24, 2.45) is 11.3 Å². The van der Waals surface area contributed by atoms with Crippen LogP contribution in [-0.2, 0) is 11.3 Å². The zero-order valence-electron chi connectivity index (χ0n) is 18.9. The lowest BCUT2D eigenvalue weighted by Gasteiger charge is -2.53. The van der Waals surface area contributed by atoms with Crippen LogP contribution in [0.5, 0.6) is 0 Å². The average molecular weight is 469 g/mol. The number of H-pyrrole nitrogens is 1. The summed E-state index contributed by atoms with van der Waals surface area (Å²) in [4.78, 5) is 20.5. The summed E-state index contributed by atoms with van der Waals surface area (Å²) in [6.45, 7) is 5.97. The van der Waals surface area contributed by atoms with E-state index >= 15 is 0 Å². The highest BCUT2D eigenvalue weighted by atomic mass is 35.5. The fourth-order valence-electron chi connectivity index (χ4n) is 4.83. The van der Waals surface area contributed by atoms with Crippen LogP contribution in [0.25, 0.3) is 11.4 Å². The third kappa shape index (κ3) is 6.21. The smallest absolute Gasteiger partial charge is 0.211 e. The van der Waals surface area contributed by atoms with Crippen LogP contribution in [-0.4, -0.2) is 34.4 Å². The summed E-state index contributed by atoms with van der Waals surface area (Å²) in [6.07, 6.45) is 8.18. The first-order valence-corrected chi connectivity index (χ1v) is 11.8. The summed E-state index contributed by atoms with van der Waals surface area (Å²) in [5.41, 5.74) is 3.40. The number of carbonyl (C=O) groups is 1. The average Bonchev–Trinajstić information content (AvgIpc) is 3.24. The van der Waals surface area contributed by atoms with Gasteiger partial charge in [-0.3, -0.25) is 9.69 Å². The summed E-state index contributed by atoms with van der Waals surface area (Å²) in [7, 11) is 0. The van der Waals surface area contributed by atoms with E-state index < -0.39 is 5.82 Å². The zero-order chi connectivity index (χ0) is 23.3. The number of carbonyl (C=O) groups excluding carboxylic acids is 1. The minimum Gasteiger partial charge on any atom is -0.341 e. The van der Waals surface area contributed by atoms with Crippen LogP contribution < -0.4 is 5.32 Å². The van der Waals surface area contributed by atoms with Crippen LogP contribution in [0.4, 0.5) is 10.1 Å². The number of aromatic nitrogens is 2. The lowest BCUT2D eigenvalue weighted by atomic mass is 9.66. The molecule has 3 aromatic rings. The molecule has 5 nitrogen and oxygen atoms in total. The van der Waals surface area contributed by atoms with E-state index in [1.807, 2.05) is 12.3 Å². The van der Waals surface area contributed by atoms with Gasteiger partial charge in [0.05, 0.1) is 0 Å². The Labute approximate surface area is 199 Å². The van der Waals surface area contributed by atoms with Crippen LogP contribution in [0.15, 0.2) is 54.7 Å². The molecular formula is C26H30ClFN4O. The topological polar surface area (TPSA) is 61.0 Å². The maximum Gasteiger partial charge on any atom is 0.211 e. The Bertz CT molecular complexity index is 1030. The number of imidazole rings is 1. The van der Waals surface area contributed by atoms with Crippen LogP contribution in [0.2, 0.25) is 5.02 Å². The van der Waals surface area contributed by atoms with Gasteiger partial charge < -0.3 is 10.3 Å². The summed E-state index contributed by atoms with van der Waals surface area (Å²) < 4.78 is 12.5. The number of hydrogen-bond donors (Lipinski definition) is 2. The minimum absolute atomic E-state index is 0.259. The van der Waals surface area contributed by atoms with Gasteiger partial charge in [0.2, 0.25) is 6.41 Å². The summed E-state index contributed by atoms with van der Waals surface area (Å²) in [6, 6.07) is 14.2. The standard InChI is InChI=1S/C19H25N3.C7H5ClFNO/c1-15-7-9-19(10-8-15)13-22(14-19)12-17-11-20-18(21-17)16-5-3-2-4-6-16;8-5-1-6(9)3-7(2-5)10-4-11/h2-6,11,15H,7-10,12-14H2,1H3,(H,20,21);1-4H,(H,10,11). The van der Waals surface area contributed by atoms with Crippen molar-refractivity contribution in [1.29, 1.82) is 0 Å². The molecule has 0 bridgehead atoms. The largest absolute Gasteiger partial charge is 0.341 e. The van der Waals surface area contributed by atoms with Crippen molar-refractivity contribution in [3.05, 3.63) is 71.3 Å². The summed E-state index contributed by atoms with van der Waals surface area (Å²) in [5, 5.41) is 2.54. The fourth-order valence-corrected chi connectivity index (χ4v) is 5.05. The van der Waals surface area contributed by atoms with Gasteiger partial charge in [-0.2, -0.15) is 0 Å². The molecule has 33 heavy (non-hydrogen) atoms. The Hall–Kier alpha value is -2.70. The fraction of sp³-hybridized carbons (Fsp3) is 0.385. The predicted molar refractivity (Wildman–Crippen MR) is 130 cm³/mol. The quantitative estimate of drug-likeness (QED) is 0.442. The Morgan fingerprint density at radius 3 is 2.61 bits per heavy atom. The number of nitrogens with one attached hydrogen (secondary N) is 2. The Balaban J connectivity index is 0.000000200. The molecule has 1 saturated heterocycles. The highest BCUT2D eigenvalue weighted by Gasteiger charge is 2.44. The van der Waals surface area contributed by atoms with Crippen LogP contribution >= 0.6 is 11.6 Å². The van der Waals surface area contributed by atoms with Gasteiger partial charge >= 0.3 is 0 Å². The van der Waals surface area contributed by atoms with E-state index in [-0.39, 0.29) is 5.02 Å². The molecule has 2 heterocycles. The number of anilines is 1. The summed E-state index contributed by atoms with van der Waals surface area (Å²) in [5.74, 6) is 1.46. The molecule has 1 aliphatic heterocycles. The molecule has 1 spiro atoms. The van der Waals surface area contributed by atoms with Crippen LogP contribution in [0, 0.1) is 17.2 Å². The number of likely N-dealkylation sites (tertiary alicyclic amines) is 1. The molecule has 7 heteroatoms. The van der Waals surface area contributed by atoms with Gasteiger partial charge in [0, 0.05) is 47.8 Å². The van der Waals surface area contributed by atoms with Gasteiger partial charge in [-0.15, -0.1) is 0 Å². The minimum atomic E-state index is -0.471. The molecule has 1 aromatic heterocycles. The van der Waals surface area contributed by atoms with Gasteiger partial charge in [0.15, 0.2) is 0 Å². The van der Waals surface area contributed by atoms with Gasteiger partial charge in [0.1, 0.15) is 11.6 Å². The monoisotopic (exact) mass is 468 g/mol. The molecule has 1 saturated carbocycles. The van der Waals surface area contributed by atoms with Gasteiger partial charge in [-0.05, 0) is 42.4 Å². The first-order valence-electron chi connectivity index (χ1n) is 11.4. The van der Waals surface area contributed by atoms with Gasteiger partial charge in [-0.1, -0.05) is 61.7 Å². The highest BCUT2D eigenvalue weighted by Crippen LogP contribution is 2.45. The third-order valence-corrected chi connectivity index (χ3v) is 6.83. The van der Waals surface area contributed by atoms with Crippen molar-refractivity contribution >= 4 is 23.7 Å².